The van der Waals surface area contributed by atoms with Gasteiger partial charge in [-0.1, -0.05) is 0 Å². The molecule has 1 amide bonds. The lowest BCUT2D eigenvalue weighted by Gasteiger charge is -2.20. The second kappa shape index (κ2) is 5.48. The lowest BCUT2D eigenvalue weighted by Crippen LogP contribution is -2.28. The van der Waals surface area contributed by atoms with E-state index in [1.807, 2.05) is 17.9 Å². The van der Waals surface area contributed by atoms with Crippen LogP contribution in [0, 0.1) is 5.92 Å². The quantitative estimate of drug-likeness (QED) is 0.919. The summed E-state index contributed by atoms with van der Waals surface area (Å²) in [6.45, 7) is 1.34. The first-order valence-electron chi connectivity index (χ1n) is 7.62. The minimum Gasteiger partial charge on any atom is -0.381 e. The molecule has 0 aromatic carbocycles. The number of hydrogen-bond acceptors (Lipinski definition) is 5. The standard InChI is InChI=1S/C15H18N4O2S/c1-19-11-2-3-12-13(10(11)8-16-19)17-15(22-12)18-14(20)9-4-6-21-7-5-9/h8-9H,2-7H2,1H3,(H,17,18,20). The number of thiazole rings is 1. The van der Waals surface area contributed by atoms with Crippen molar-refractivity contribution in [1.29, 1.82) is 0 Å². The molecule has 0 unspecified atom stereocenters. The van der Waals surface area contributed by atoms with Crippen molar-refractivity contribution < 1.29 is 9.53 Å². The number of nitrogens with one attached hydrogen (secondary N) is 1. The van der Waals surface area contributed by atoms with Crippen LogP contribution in [0.25, 0.3) is 11.3 Å². The van der Waals surface area contributed by atoms with Crippen LogP contribution < -0.4 is 5.32 Å². The normalized spacial score (nSPS) is 17.9. The number of aryl methyl sites for hydroxylation is 2. The van der Waals surface area contributed by atoms with Crippen LogP contribution in [-0.2, 0) is 29.4 Å². The Labute approximate surface area is 132 Å². The van der Waals surface area contributed by atoms with Gasteiger partial charge >= 0.3 is 0 Å². The summed E-state index contributed by atoms with van der Waals surface area (Å²) in [5, 5.41) is 8.02. The maximum Gasteiger partial charge on any atom is 0.229 e. The number of nitrogens with zero attached hydrogens (tertiary/aromatic N) is 3. The van der Waals surface area contributed by atoms with Gasteiger partial charge in [-0.15, -0.1) is 11.3 Å². The maximum absolute atomic E-state index is 12.3. The summed E-state index contributed by atoms with van der Waals surface area (Å²) in [6.07, 6.45) is 5.41. The fraction of sp³-hybridized carbons (Fsp3) is 0.533. The predicted octanol–water partition coefficient (Wildman–Crippen LogP) is 2.01. The van der Waals surface area contributed by atoms with E-state index in [-0.39, 0.29) is 11.8 Å². The summed E-state index contributed by atoms with van der Waals surface area (Å²) in [6, 6.07) is 0. The average molecular weight is 318 g/mol. The van der Waals surface area contributed by atoms with Crippen LogP contribution in [0.5, 0.6) is 0 Å². The van der Waals surface area contributed by atoms with Gasteiger partial charge in [0.25, 0.3) is 0 Å². The molecule has 1 fully saturated rings. The molecule has 0 saturated carbocycles. The Morgan fingerprint density at radius 2 is 2.23 bits per heavy atom. The van der Waals surface area contributed by atoms with Crippen molar-refractivity contribution in [1.82, 2.24) is 14.8 Å². The number of carbonyl (C=O) groups is 1. The van der Waals surface area contributed by atoms with Gasteiger partial charge in [0.2, 0.25) is 5.91 Å². The van der Waals surface area contributed by atoms with Gasteiger partial charge in [0, 0.05) is 42.3 Å². The molecule has 1 aliphatic heterocycles. The van der Waals surface area contributed by atoms with Gasteiger partial charge in [-0.2, -0.15) is 5.10 Å². The first-order valence-corrected chi connectivity index (χ1v) is 8.43. The van der Waals surface area contributed by atoms with Crippen LogP contribution in [0.4, 0.5) is 5.13 Å². The molecule has 2 aliphatic rings. The first kappa shape index (κ1) is 13.9. The van der Waals surface area contributed by atoms with Crippen molar-refractivity contribution in [2.75, 3.05) is 18.5 Å². The Morgan fingerprint density at radius 3 is 3.05 bits per heavy atom. The Kier molecular flexibility index (Phi) is 3.46. The molecule has 4 rings (SSSR count). The molecule has 1 aliphatic carbocycles. The Balaban J connectivity index is 1.55. The fourth-order valence-electron chi connectivity index (χ4n) is 3.14. The van der Waals surface area contributed by atoms with E-state index in [4.69, 9.17) is 4.74 Å². The third kappa shape index (κ3) is 2.34. The molecule has 1 saturated heterocycles. The molecule has 6 nitrogen and oxygen atoms in total. The van der Waals surface area contributed by atoms with E-state index in [2.05, 4.69) is 15.4 Å². The van der Waals surface area contributed by atoms with Gasteiger partial charge in [0.15, 0.2) is 5.13 Å². The SMILES string of the molecule is Cn1ncc2c1CCc1sc(NC(=O)C3CCOCC3)nc1-2. The molecule has 0 atom stereocenters. The second-order valence-electron chi connectivity index (χ2n) is 5.80. The maximum atomic E-state index is 12.3. The van der Waals surface area contributed by atoms with Gasteiger partial charge in [0.05, 0.1) is 11.9 Å². The van der Waals surface area contributed by atoms with Crippen molar-refractivity contribution in [2.24, 2.45) is 13.0 Å². The number of hydrogen-bond donors (Lipinski definition) is 1. The molecule has 2 aromatic rings. The minimum atomic E-state index is 0.0450. The van der Waals surface area contributed by atoms with Gasteiger partial charge in [-0.3, -0.25) is 9.48 Å². The van der Waals surface area contributed by atoms with Crippen molar-refractivity contribution in [3.63, 3.8) is 0 Å². The highest BCUT2D eigenvalue weighted by Crippen LogP contribution is 2.38. The van der Waals surface area contributed by atoms with Gasteiger partial charge < -0.3 is 10.1 Å². The van der Waals surface area contributed by atoms with E-state index in [0.29, 0.717) is 18.3 Å². The van der Waals surface area contributed by atoms with Crippen molar-refractivity contribution in [3.8, 4) is 11.3 Å². The van der Waals surface area contributed by atoms with Gasteiger partial charge in [-0.05, 0) is 25.7 Å². The number of anilines is 1. The van der Waals surface area contributed by atoms with Crippen LogP contribution in [0.1, 0.15) is 23.4 Å². The van der Waals surface area contributed by atoms with E-state index in [1.54, 1.807) is 11.3 Å². The van der Waals surface area contributed by atoms with Crippen molar-refractivity contribution >= 4 is 22.4 Å². The zero-order valence-electron chi connectivity index (χ0n) is 12.5. The lowest BCUT2D eigenvalue weighted by atomic mass is 10.00. The summed E-state index contributed by atoms with van der Waals surface area (Å²) < 4.78 is 7.22. The number of rotatable bonds is 2. The number of carbonyl (C=O) groups excluding carboxylic acids is 1. The molecule has 0 bridgehead atoms. The number of aromatic nitrogens is 3. The summed E-state index contributed by atoms with van der Waals surface area (Å²) in [7, 11) is 1.96. The highest BCUT2D eigenvalue weighted by molar-refractivity contribution is 7.16. The van der Waals surface area contributed by atoms with Crippen LogP contribution >= 0.6 is 11.3 Å². The Morgan fingerprint density at radius 1 is 1.41 bits per heavy atom. The summed E-state index contributed by atoms with van der Waals surface area (Å²) in [5.41, 5.74) is 3.31. The summed E-state index contributed by atoms with van der Waals surface area (Å²) in [5.74, 6) is 0.115. The Bertz CT molecular complexity index is 715. The van der Waals surface area contributed by atoms with Crippen molar-refractivity contribution in [3.05, 3.63) is 16.8 Å². The largest absolute Gasteiger partial charge is 0.381 e. The molecule has 22 heavy (non-hydrogen) atoms. The highest BCUT2D eigenvalue weighted by Gasteiger charge is 2.26. The van der Waals surface area contributed by atoms with Crippen LogP contribution in [-0.4, -0.2) is 33.9 Å². The van der Waals surface area contributed by atoms with Crippen molar-refractivity contribution in [2.45, 2.75) is 25.7 Å². The first-order chi connectivity index (χ1) is 10.7. The molecule has 3 heterocycles. The highest BCUT2D eigenvalue weighted by atomic mass is 32.1. The van der Waals surface area contributed by atoms with Crippen LogP contribution in [0.15, 0.2) is 6.20 Å². The molecular formula is C15H18N4O2S. The fourth-order valence-corrected chi connectivity index (χ4v) is 4.12. The molecule has 116 valence electrons. The lowest BCUT2D eigenvalue weighted by molar-refractivity contribution is -0.122. The van der Waals surface area contributed by atoms with E-state index in [9.17, 15) is 4.79 Å². The molecule has 0 radical (unpaired) electrons. The number of amides is 1. The zero-order valence-corrected chi connectivity index (χ0v) is 13.3. The summed E-state index contributed by atoms with van der Waals surface area (Å²) >= 11 is 1.59. The Hall–Kier alpha value is -1.73. The summed E-state index contributed by atoms with van der Waals surface area (Å²) in [4.78, 5) is 18.2. The van der Waals surface area contributed by atoms with Gasteiger partial charge in [-0.25, -0.2) is 4.98 Å². The molecule has 7 heteroatoms. The molecule has 2 aromatic heterocycles. The number of ether oxygens (including phenoxy) is 1. The third-order valence-electron chi connectivity index (χ3n) is 4.43. The minimum absolute atomic E-state index is 0.0450. The monoisotopic (exact) mass is 318 g/mol. The van der Waals surface area contributed by atoms with Crippen LogP contribution in [0.2, 0.25) is 0 Å². The number of fused-ring (bicyclic) bond motifs is 3. The molecular weight excluding hydrogens is 300 g/mol. The van der Waals surface area contributed by atoms with E-state index in [1.165, 1.54) is 10.6 Å². The topological polar surface area (TPSA) is 69.0 Å². The second-order valence-corrected chi connectivity index (χ2v) is 6.88. The smallest absolute Gasteiger partial charge is 0.229 e. The van der Waals surface area contributed by atoms with Gasteiger partial charge in [0.1, 0.15) is 0 Å². The van der Waals surface area contributed by atoms with Crippen LogP contribution in [0.3, 0.4) is 0 Å². The van der Waals surface area contributed by atoms with E-state index in [0.717, 1.165) is 36.9 Å². The third-order valence-corrected chi connectivity index (χ3v) is 5.46. The average Bonchev–Trinajstić information content (AvgIpc) is 3.11. The van der Waals surface area contributed by atoms with E-state index >= 15 is 0 Å². The van der Waals surface area contributed by atoms with E-state index < -0.39 is 0 Å². The predicted molar refractivity (Wildman–Crippen MR) is 83.9 cm³/mol. The molecule has 0 spiro atoms. The molecule has 1 N–H and O–H groups in total. The zero-order chi connectivity index (χ0) is 15.1.